The zero-order chi connectivity index (χ0) is 56.0. The molecule has 0 bridgehead atoms. The predicted octanol–water partition coefficient (Wildman–Crippen LogP) is 18.7. The van der Waals surface area contributed by atoms with E-state index in [1.165, 1.54) is 181 Å². The molecule has 0 unspecified atom stereocenters. The van der Waals surface area contributed by atoms with Crippen molar-refractivity contribution in [2.75, 3.05) is 0 Å². The molecule has 8 nitrogen and oxygen atoms in total. The molecule has 0 N–H and O–H groups in total. The Labute approximate surface area is 484 Å². The summed E-state index contributed by atoms with van der Waals surface area (Å²) >= 11 is -8.32. The van der Waals surface area contributed by atoms with Crippen LogP contribution in [0.3, 0.4) is 0 Å². The van der Waals surface area contributed by atoms with E-state index in [0.717, 1.165) is 47.9 Å². The topological polar surface area (TPSA) is 105 Å². The van der Waals surface area contributed by atoms with Gasteiger partial charge in [0.25, 0.3) is 0 Å². The SMILES string of the molecule is CC(=O)[O][Sn]([CH2]c1ccccc1)([CH2]c1ccccc1)[O]C(C)=O.CCCCCCCCCCCCCCCCCC(=O)[O][Sn]([CH2]c1ccccc1)([CH2]c1ccccc1)[O]C(=O)CCCCCCCCCCCCCCCCC. The van der Waals surface area contributed by atoms with E-state index in [1.807, 2.05) is 97.1 Å². The molecule has 4 aromatic rings. The van der Waals surface area contributed by atoms with E-state index in [0.29, 0.717) is 30.6 Å². The standard InChI is InChI=1S/2C18H36O2.4C7H7.2C2H4O2.2Sn/c2*1-2-3-4-5-6-7-8-9-10-11-12-13-14-15-16-17-18(19)20;4*1-7-5-3-2-4-6-7;2*1-2(3)4;;/h2*2-17H2,1H3,(H,19,20);4*2-6H,1H2;2*1H3,(H,3,4);;/q;;;;;;;;2*+2/p-4. The van der Waals surface area contributed by atoms with Gasteiger partial charge in [0, 0.05) is 0 Å². The van der Waals surface area contributed by atoms with Crippen LogP contribution in [0, 0.1) is 0 Å². The second-order valence-corrected chi connectivity index (χ2v) is 38.8. The molecule has 78 heavy (non-hydrogen) atoms. The number of carbonyl (C=O) groups excluding carboxylic acids is 4. The summed E-state index contributed by atoms with van der Waals surface area (Å²) in [4.78, 5) is 50.3. The molecular weight excluding hydrogens is 1180 g/mol. The van der Waals surface area contributed by atoms with Crippen LogP contribution in [0.25, 0.3) is 0 Å². The summed E-state index contributed by atoms with van der Waals surface area (Å²) in [6.45, 7) is 7.30. The van der Waals surface area contributed by atoms with Crippen LogP contribution in [0.1, 0.15) is 255 Å². The molecule has 0 spiro atoms. The van der Waals surface area contributed by atoms with E-state index in [1.54, 1.807) is 0 Å². The summed E-state index contributed by atoms with van der Waals surface area (Å²) in [5, 5.41) is 0. The van der Waals surface area contributed by atoms with Crippen molar-refractivity contribution in [1.29, 1.82) is 0 Å². The van der Waals surface area contributed by atoms with Crippen LogP contribution < -0.4 is 0 Å². The smallest absolute Gasteiger partial charge is 0.0654 e. The summed E-state index contributed by atoms with van der Waals surface area (Å²) in [6.07, 6.45) is 39.6. The second kappa shape index (κ2) is 45.0. The fraction of sp³-hybridized carbons (Fsp3) is 0.588. The molecule has 0 radical (unpaired) electrons. The Morgan fingerprint density at radius 2 is 0.474 bits per heavy atom. The van der Waals surface area contributed by atoms with E-state index in [9.17, 15) is 19.2 Å². The van der Waals surface area contributed by atoms with Crippen LogP contribution in [-0.4, -0.2) is 62.3 Å². The number of rotatable bonds is 44. The molecule has 0 fully saturated rings. The monoisotopic (exact) mass is 1290 g/mol. The van der Waals surface area contributed by atoms with Gasteiger partial charge in [-0.05, 0) is 0 Å². The quantitative estimate of drug-likeness (QED) is 0.0319. The van der Waals surface area contributed by atoms with Gasteiger partial charge in [-0.2, -0.15) is 0 Å². The van der Waals surface area contributed by atoms with Gasteiger partial charge in [-0.15, -0.1) is 0 Å². The number of hydrogen-bond acceptors (Lipinski definition) is 8. The number of benzene rings is 4. The molecular formula is C68H104O8Sn2. The summed E-state index contributed by atoms with van der Waals surface area (Å²) in [6, 6.07) is 39.8. The Morgan fingerprint density at radius 1 is 0.282 bits per heavy atom. The van der Waals surface area contributed by atoms with E-state index in [4.69, 9.17) is 12.3 Å². The first-order valence-electron chi connectivity index (χ1n) is 31.0. The summed E-state index contributed by atoms with van der Waals surface area (Å²) in [5.74, 6) is -1.16. The molecule has 0 saturated heterocycles. The average Bonchev–Trinajstić information content (AvgIpc) is 3.43. The zero-order valence-electron chi connectivity index (χ0n) is 49.3. The van der Waals surface area contributed by atoms with Gasteiger partial charge >= 0.3 is 397 Å². The maximum atomic E-state index is 13.5. The van der Waals surface area contributed by atoms with Crippen molar-refractivity contribution >= 4 is 62.3 Å². The van der Waals surface area contributed by atoms with Crippen LogP contribution in [-0.2, 0) is 49.2 Å². The molecule has 0 aliphatic heterocycles. The normalized spacial score (nSPS) is 11.3. The molecule has 0 atom stereocenters. The number of carbonyl (C=O) groups is 4. The van der Waals surface area contributed by atoms with Crippen molar-refractivity contribution in [3.63, 3.8) is 0 Å². The molecule has 0 heterocycles. The summed E-state index contributed by atoms with van der Waals surface area (Å²) in [7, 11) is 0. The molecule has 0 amide bonds. The van der Waals surface area contributed by atoms with Gasteiger partial charge in [-0.25, -0.2) is 0 Å². The average molecular weight is 1290 g/mol. The van der Waals surface area contributed by atoms with Gasteiger partial charge in [0.05, 0.1) is 0 Å². The van der Waals surface area contributed by atoms with Crippen molar-refractivity contribution in [2.45, 2.75) is 251 Å². The molecule has 4 rings (SSSR count). The molecule has 0 aliphatic rings. The Morgan fingerprint density at radius 3 is 0.679 bits per heavy atom. The molecule has 0 aliphatic carbocycles. The summed E-state index contributed by atoms with van der Waals surface area (Å²) < 4.78 is 26.4. The molecule has 10 heteroatoms. The number of hydrogen-bond donors (Lipinski definition) is 0. The minimum absolute atomic E-state index is 0.183. The maximum absolute atomic E-state index is 13.5. The molecule has 0 aromatic heterocycles. The van der Waals surface area contributed by atoms with Crippen LogP contribution in [0.5, 0.6) is 0 Å². The van der Waals surface area contributed by atoms with Gasteiger partial charge in [0.1, 0.15) is 0 Å². The zero-order valence-corrected chi connectivity index (χ0v) is 55.0. The second-order valence-electron chi connectivity index (χ2n) is 22.0. The van der Waals surface area contributed by atoms with Gasteiger partial charge in [0.15, 0.2) is 0 Å². The first kappa shape index (κ1) is 68.6. The Hall–Kier alpha value is -3.64. The Balaban J connectivity index is 0.000000574. The van der Waals surface area contributed by atoms with E-state index in [-0.39, 0.29) is 11.9 Å². The Kier molecular flexibility index (Phi) is 39.6. The molecule has 0 saturated carbocycles. The third-order valence-electron chi connectivity index (χ3n) is 14.5. The van der Waals surface area contributed by atoms with Crippen molar-refractivity contribution in [3.05, 3.63) is 144 Å². The fourth-order valence-electron chi connectivity index (χ4n) is 10.4. The van der Waals surface area contributed by atoms with Gasteiger partial charge in [-0.3, -0.25) is 0 Å². The third kappa shape index (κ3) is 35.2. The van der Waals surface area contributed by atoms with Crippen LogP contribution >= 0.6 is 0 Å². The number of unbranched alkanes of at least 4 members (excludes halogenated alkanes) is 28. The van der Waals surface area contributed by atoms with E-state index >= 15 is 0 Å². The minimum atomic E-state index is -4.32. The van der Waals surface area contributed by atoms with E-state index < -0.39 is 50.3 Å². The first-order chi connectivity index (χ1) is 38.1. The van der Waals surface area contributed by atoms with E-state index in [2.05, 4.69) is 38.1 Å². The molecule has 4 aromatic carbocycles. The van der Waals surface area contributed by atoms with Gasteiger partial charge < -0.3 is 0 Å². The van der Waals surface area contributed by atoms with Crippen LogP contribution in [0.15, 0.2) is 121 Å². The van der Waals surface area contributed by atoms with Crippen molar-refractivity contribution in [2.24, 2.45) is 0 Å². The van der Waals surface area contributed by atoms with Crippen molar-refractivity contribution in [1.82, 2.24) is 0 Å². The fourth-order valence-corrected chi connectivity index (χ4v) is 28.7. The Bertz CT molecular complexity index is 1950. The van der Waals surface area contributed by atoms with Gasteiger partial charge in [-0.1, -0.05) is 90.9 Å². The van der Waals surface area contributed by atoms with Crippen molar-refractivity contribution < 1.29 is 31.5 Å². The van der Waals surface area contributed by atoms with Crippen LogP contribution in [0.2, 0.25) is 0 Å². The third-order valence-corrected chi connectivity index (χ3v) is 32.5. The predicted molar refractivity (Wildman–Crippen MR) is 327 cm³/mol. The van der Waals surface area contributed by atoms with Crippen molar-refractivity contribution in [3.8, 4) is 0 Å². The minimum Gasteiger partial charge on any atom is -0.0654 e. The van der Waals surface area contributed by atoms with Crippen LogP contribution in [0.4, 0.5) is 0 Å². The summed E-state index contributed by atoms with van der Waals surface area (Å²) in [5.41, 5.74) is 4.19. The molecule has 432 valence electrons. The first-order valence-corrected chi connectivity index (χ1v) is 43.8. The van der Waals surface area contributed by atoms with Gasteiger partial charge in [0.2, 0.25) is 0 Å².